The Morgan fingerprint density at radius 3 is 2.37 bits per heavy atom. The number of aromatic amines is 1. The lowest BCUT2D eigenvalue weighted by molar-refractivity contribution is -0.384. The highest BCUT2D eigenvalue weighted by atomic mass is 16.6. The van der Waals surface area contributed by atoms with Crippen LogP contribution in [0.5, 0.6) is 0 Å². The normalized spacial score (nSPS) is 11.1. The average molecular weight is 373 g/mol. The Bertz CT molecular complexity index is 897. The summed E-state index contributed by atoms with van der Waals surface area (Å²) in [7, 11) is 0. The first kappa shape index (κ1) is 20.1. The Morgan fingerprint density at radius 2 is 1.85 bits per heavy atom. The maximum Gasteiger partial charge on any atom is 0.269 e. The van der Waals surface area contributed by atoms with E-state index in [4.69, 9.17) is 0 Å². The number of hydrogen-bond donors (Lipinski definition) is 3. The zero-order valence-electron chi connectivity index (χ0n) is 15.8. The van der Waals surface area contributed by atoms with Crippen molar-refractivity contribution < 1.29 is 9.72 Å². The SMILES string of the molecule is Cc1nc(C(C)(C)C)[nH]c(=O)c1C(=O)NCCNc1ccc([N+](=O)[O-])cc1. The molecule has 0 spiro atoms. The highest BCUT2D eigenvalue weighted by Crippen LogP contribution is 2.17. The van der Waals surface area contributed by atoms with E-state index in [-0.39, 0.29) is 23.2 Å². The lowest BCUT2D eigenvalue weighted by atomic mass is 9.95. The number of aromatic nitrogens is 2. The predicted octanol–water partition coefficient (Wildman–Crippen LogP) is 2.13. The summed E-state index contributed by atoms with van der Waals surface area (Å²) in [5, 5.41) is 16.3. The van der Waals surface area contributed by atoms with Crippen LogP contribution in [0.25, 0.3) is 0 Å². The molecular formula is C18H23N5O4. The van der Waals surface area contributed by atoms with Crippen LogP contribution < -0.4 is 16.2 Å². The first-order chi connectivity index (χ1) is 12.6. The monoisotopic (exact) mass is 373 g/mol. The summed E-state index contributed by atoms with van der Waals surface area (Å²) in [4.78, 5) is 41.7. The Hall–Kier alpha value is -3.23. The number of carbonyl (C=O) groups excluding carboxylic acids is 1. The van der Waals surface area contributed by atoms with Crippen molar-refractivity contribution in [2.45, 2.75) is 33.1 Å². The molecule has 1 aromatic carbocycles. The van der Waals surface area contributed by atoms with Crippen LogP contribution in [-0.4, -0.2) is 33.9 Å². The third-order valence-corrected chi connectivity index (χ3v) is 3.86. The molecule has 0 aliphatic heterocycles. The molecule has 1 aromatic heterocycles. The highest BCUT2D eigenvalue weighted by Gasteiger charge is 2.21. The Labute approximate surface area is 156 Å². The van der Waals surface area contributed by atoms with E-state index in [1.807, 2.05) is 20.8 Å². The molecule has 0 aliphatic rings. The Balaban J connectivity index is 1.94. The first-order valence-corrected chi connectivity index (χ1v) is 8.47. The van der Waals surface area contributed by atoms with E-state index in [0.29, 0.717) is 23.8 Å². The molecule has 1 amide bonds. The van der Waals surface area contributed by atoms with Gasteiger partial charge in [0.1, 0.15) is 11.4 Å². The Kier molecular flexibility index (Phi) is 5.94. The topological polar surface area (TPSA) is 130 Å². The molecule has 2 aromatic rings. The fraction of sp³-hybridized carbons (Fsp3) is 0.389. The van der Waals surface area contributed by atoms with Crippen LogP contribution in [0, 0.1) is 17.0 Å². The van der Waals surface area contributed by atoms with E-state index < -0.39 is 16.4 Å². The fourth-order valence-corrected chi connectivity index (χ4v) is 2.38. The van der Waals surface area contributed by atoms with Crippen molar-refractivity contribution in [3.05, 3.63) is 61.8 Å². The van der Waals surface area contributed by atoms with Gasteiger partial charge >= 0.3 is 0 Å². The van der Waals surface area contributed by atoms with E-state index in [0.717, 1.165) is 0 Å². The average Bonchev–Trinajstić information content (AvgIpc) is 2.57. The summed E-state index contributed by atoms with van der Waals surface area (Å²) < 4.78 is 0. The van der Waals surface area contributed by atoms with Crippen LogP contribution in [-0.2, 0) is 5.41 Å². The zero-order chi connectivity index (χ0) is 20.2. The molecule has 3 N–H and O–H groups in total. The standard InChI is InChI=1S/C18H23N5O4/c1-11-14(16(25)22-17(21-11)18(2,3)4)15(24)20-10-9-19-12-5-7-13(8-6-12)23(26)27/h5-8,19H,9-10H2,1-4H3,(H,20,24)(H,21,22,25). The summed E-state index contributed by atoms with van der Waals surface area (Å²) in [6, 6.07) is 5.96. The van der Waals surface area contributed by atoms with Crippen LogP contribution in [0.2, 0.25) is 0 Å². The number of nitro groups is 1. The molecule has 144 valence electrons. The summed E-state index contributed by atoms with van der Waals surface area (Å²) in [6.07, 6.45) is 0. The number of aryl methyl sites for hydroxylation is 1. The minimum absolute atomic E-state index is 0.00154. The number of nitrogens with one attached hydrogen (secondary N) is 3. The van der Waals surface area contributed by atoms with Gasteiger partial charge in [0, 0.05) is 36.3 Å². The van der Waals surface area contributed by atoms with Crippen LogP contribution in [0.15, 0.2) is 29.1 Å². The van der Waals surface area contributed by atoms with Crippen molar-refractivity contribution in [3.8, 4) is 0 Å². The minimum Gasteiger partial charge on any atom is -0.383 e. The van der Waals surface area contributed by atoms with Gasteiger partial charge in [0.2, 0.25) is 0 Å². The molecule has 9 heteroatoms. The number of amides is 1. The molecule has 27 heavy (non-hydrogen) atoms. The van der Waals surface area contributed by atoms with Crippen LogP contribution in [0.1, 0.15) is 42.6 Å². The second kappa shape index (κ2) is 7.98. The van der Waals surface area contributed by atoms with Gasteiger partial charge in [0.05, 0.1) is 10.6 Å². The summed E-state index contributed by atoms with van der Waals surface area (Å²) in [6.45, 7) is 8.08. The van der Waals surface area contributed by atoms with Gasteiger partial charge in [0.25, 0.3) is 17.2 Å². The third kappa shape index (κ3) is 5.13. The van der Waals surface area contributed by atoms with Crippen molar-refractivity contribution in [1.82, 2.24) is 15.3 Å². The second-order valence-corrected chi connectivity index (χ2v) is 7.11. The number of H-pyrrole nitrogens is 1. The molecule has 1 heterocycles. The van der Waals surface area contributed by atoms with Crippen molar-refractivity contribution in [3.63, 3.8) is 0 Å². The molecular weight excluding hydrogens is 350 g/mol. The van der Waals surface area contributed by atoms with Gasteiger partial charge in [-0.15, -0.1) is 0 Å². The minimum atomic E-state index is -0.493. The van der Waals surface area contributed by atoms with E-state index in [9.17, 15) is 19.7 Å². The molecule has 0 fully saturated rings. The molecule has 0 bridgehead atoms. The number of nitro benzene ring substituents is 1. The number of anilines is 1. The number of rotatable bonds is 6. The number of non-ortho nitro benzene ring substituents is 1. The van der Waals surface area contributed by atoms with Gasteiger partial charge in [-0.05, 0) is 19.1 Å². The van der Waals surface area contributed by atoms with E-state index in [1.54, 1.807) is 19.1 Å². The Morgan fingerprint density at radius 1 is 1.22 bits per heavy atom. The number of carbonyl (C=O) groups is 1. The number of benzene rings is 1. The van der Waals surface area contributed by atoms with E-state index >= 15 is 0 Å². The van der Waals surface area contributed by atoms with Crippen LogP contribution in [0.4, 0.5) is 11.4 Å². The molecule has 2 rings (SSSR count). The number of hydrogen-bond acceptors (Lipinski definition) is 6. The van der Waals surface area contributed by atoms with E-state index in [1.165, 1.54) is 12.1 Å². The third-order valence-electron chi connectivity index (χ3n) is 3.86. The summed E-state index contributed by atoms with van der Waals surface area (Å²) in [5.41, 5.74) is 0.291. The van der Waals surface area contributed by atoms with Crippen molar-refractivity contribution in [1.29, 1.82) is 0 Å². The maximum absolute atomic E-state index is 12.3. The van der Waals surface area contributed by atoms with Crippen molar-refractivity contribution in [2.75, 3.05) is 18.4 Å². The molecule has 0 radical (unpaired) electrons. The van der Waals surface area contributed by atoms with Crippen molar-refractivity contribution in [2.24, 2.45) is 0 Å². The van der Waals surface area contributed by atoms with Crippen LogP contribution >= 0.6 is 0 Å². The molecule has 9 nitrogen and oxygen atoms in total. The summed E-state index contributed by atoms with van der Waals surface area (Å²) in [5.74, 6) is 0.0357. The second-order valence-electron chi connectivity index (χ2n) is 7.11. The molecule has 0 saturated heterocycles. The van der Waals surface area contributed by atoms with Gasteiger partial charge in [-0.1, -0.05) is 20.8 Å². The molecule has 0 atom stereocenters. The number of nitrogens with zero attached hydrogens (tertiary/aromatic N) is 2. The molecule has 0 saturated carbocycles. The molecule has 0 unspecified atom stereocenters. The van der Waals surface area contributed by atoms with Gasteiger partial charge < -0.3 is 15.6 Å². The van der Waals surface area contributed by atoms with Crippen molar-refractivity contribution >= 4 is 17.3 Å². The first-order valence-electron chi connectivity index (χ1n) is 8.47. The van der Waals surface area contributed by atoms with Gasteiger partial charge in [-0.25, -0.2) is 4.98 Å². The molecule has 0 aliphatic carbocycles. The predicted molar refractivity (Wildman–Crippen MR) is 102 cm³/mol. The van der Waals surface area contributed by atoms with Gasteiger partial charge in [0.15, 0.2) is 0 Å². The quantitative estimate of drug-likeness (QED) is 0.404. The highest BCUT2D eigenvalue weighted by molar-refractivity contribution is 5.94. The maximum atomic E-state index is 12.3. The zero-order valence-corrected chi connectivity index (χ0v) is 15.8. The lowest BCUT2D eigenvalue weighted by Gasteiger charge is -2.18. The largest absolute Gasteiger partial charge is 0.383 e. The summed E-state index contributed by atoms with van der Waals surface area (Å²) >= 11 is 0. The smallest absolute Gasteiger partial charge is 0.269 e. The van der Waals surface area contributed by atoms with E-state index in [2.05, 4.69) is 20.6 Å². The van der Waals surface area contributed by atoms with Gasteiger partial charge in [-0.2, -0.15) is 0 Å². The van der Waals surface area contributed by atoms with Crippen LogP contribution in [0.3, 0.4) is 0 Å². The fourth-order valence-electron chi connectivity index (χ4n) is 2.38. The van der Waals surface area contributed by atoms with Gasteiger partial charge in [-0.3, -0.25) is 19.7 Å². The lowest BCUT2D eigenvalue weighted by Crippen LogP contribution is -2.35.